The minimum atomic E-state index is -2.40. The van der Waals surface area contributed by atoms with Crippen LogP contribution in [-0.4, -0.2) is 63.7 Å². The third kappa shape index (κ3) is 4.43. The molecule has 3 aliphatic rings. The zero-order valence-corrected chi connectivity index (χ0v) is 24.0. The molecule has 0 heterocycles. The molecule has 0 aliphatic heterocycles. The summed E-state index contributed by atoms with van der Waals surface area (Å²) in [5.41, 5.74) is -5.28. The third-order valence-corrected chi connectivity index (χ3v) is 9.69. The number of carbonyl (C=O) groups excluding carboxylic acids is 4. The number of fused-ring (bicyclic) bond motifs is 3. The van der Waals surface area contributed by atoms with Gasteiger partial charge in [-0.25, -0.2) is 0 Å². The maximum atomic E-state index is 14.1. The maximum absolute atomic E-state index is 14.1. The van der Waals surface area contributed by atoms with E-state index in [0.717, 1.165) is 5.56 Å². The number of hydrogen-bond acceptors (Lipinski definition) is 9. The monoisotopic (exact) mass is 556 g/mol. The van der Waals surface area contributed by atoms with E-state index in [9.17, 15) is 29.4 Å². The number of benzene rings is 1. The molecular formula is C31H40O9. The van der Waals surface area contributed by atoms with E-state index >= 15 is 0 Å². The van der Waals surface area contributed by atoms with Crippen LogP contribution in [-0.2, 0) is 40.0 Å². The summed E-state index contributed by atoms with van der Waals surface area (Å²) in [6, 6.07) is 9.24. The Morgan fingerprint density at radius 3 is 2.17 bits per heavy atom. The molecule has 0 amide bonds. The van der Waals surface area contributed by atoms with Gasteiger partial charge in [0.15, 0.2) is 11.4 Å². The molecule has 9 heteroatoms. The molecule has 0 saturated heterocycles. The van der Waals surface area contributed by atoms with Crippen LogP contribution < -0.4 is 0 Å². The van der Waals surface area contributed by atoms with Crippen molar-refractivity contribution in [2.24, 2.45) is 28.1 Å². The molecular weight excluding hydrogens is 516 g/mol. The van der Waals surface area contributed by atoms with Crippen LogP contribution in [0.5, 0.6) is 0 Å². The molecule has 0 bridgehead atoms. The number of ketones is 2. The quantitative estimate of drug-likeness (QED) is 0.400. The lowest BCUT2D eigenvalue weighted by Gasteiger charge is -2.67. The lowest BCUT2D eigenvalue weighted by Crippen LogP contribution is -2.79. The maximum Gasteiger partial charge on any atom is 0.303 e. The van der Waals surface area contributed by atoms with Gasteiger partial charge in [0.05, 0.1) is 24.0 Å². The van der Waals surface area contributed by atoms with Crippen LogP contribution in [0.4, 0.5) is 0 Å². The van der Waals surface area contributed by atoms with Gasteiger partial charge in [0.2, 0.25) is 0 Å². The Bertz CT molecular complexity index is 1210. The van der Waals surface area contributed by atoms with Gasteiger partial charge in [-0.1, -0.05) is 57.2 Å². The highest BCUT2D eigenvalue weighted by Crippen LogP contribution is 2.66. The van der Waals surface area contributed by atoms with Gasteiger partial charge in [0.25, 0.3) is 0 Å². The molecule has 0 unspecified atom stereocenters. The number of aliphatic hydroxyl groups excluding tert-OH is 1. The zero-order chi connectivity index (χ0) is 29.8. The third-order valence-electron chi connectivity index (χ3n) is 9.69. The second kappa shape index (κ2) is 10.2. The van der Waals surface area contributed by atoms with Crippen molar-refractivity contribution in [3.05, 3.63) is 48.6 Å². The van der Waals surface area contributed by atoms with Gasteiger partial charge in [-0.05, 0) is 24.8 Å². The zero-order valence-electron chi connectivity index (χ0n) is 24.0. The number of esters is 2. The molecule has 218 valence electrons. The number of rotatable bonds is 6. The molecule has 9 nitrogen and oxygen atoms in total. The fourth-order valence-corrected chi connectivity index (χ4v) is 7.96. The molecule has 3 fully saturated rings. The van der Waals surface area contributed by atoms with E-state index in [0.29, 0.717) is 0 Å². The van der Waals surface area contributed by atoms with E-state index in [2.05, 4.69) is 6.58 Å². The number of allylic oxidation sites excluding steroid dienone is 1. The molecule has 2 N–H and O–H groups in total. The largest absolute Gasteiger partial charge is 0.459 e. The summed E-state index contributed by atoms with van der Waals surface area (Å²) in [6.45, 7) is 13.1. The van der Waals surface area contributed by atoms with Gasteiger partial charge in [0, 0.05) is 31.1 Å². The van der Waals surface area contributed by atoms with Crippen molar-refractivity contribution in [3.8, 4) is 0 Å². The van der Waals surface area contributed by atoms with Crippen LogP contribution in [0.2, 0.25) is 0 Å². The summed E-state index contributed by atoms with van der Waals surface area (Å²) in [6.07, 6.45) is -3.82. The fraction of sp³-hybridized carbons (Fsp3) is 0.613. The Hall–Kier alpha value is -2.88. The van der Waals surface area contributed by atoms with Gasteiger partial charge < -0.3 is 24.4 Å². The standard InChI is InChI=1S/C31H40O9/c1-8-29(6)15-20(34)24-30(7)21(14-22(39-17(2)32)31(24,37)27(29)36)28(4,5)25(40-18(3)33)23(35)26(30)38-16-19-12-10-9-11-13-19/h8-13,21-26,35,37H,1,14-16H2,2-7H3/t21-,22+,23-,24+,25+,26-,29-,30-,31-/m0/s1. The predicted octanol–water partition coefficient (Wildman–Crippen LogP) is 2.94. The smallest absolute Gasteiger partial charge is 0.303 e. The summed E-state index contributed by atoms with van der Waals surface area (Å²) in [7, 11) is 0. The Balaban J connectivity index is 1.93. The molecule has 1 aromatic carbocycles. The van der Waals surface area contributed by atoms with Crippen molar-refractivity contribution in [1.29, 1.82) is 0 Å². The summed E-state index contributed by atoms with van der Waals surface area (Å²) < 4.78 is 17.7. The van der Waals surface area contributed by atoms with Crippen LogP contribution >= 0.6 is 0 Å². The van der Waals surface area contributed by atoms with E-state index in [-0.39, 0.29) is 19.4 Å². The minimum Gasteiger partial charge on any atom is -0.459 e. The molecule has 3 saturated carbocycles. The first-order valence-electron chi connectivity index (χ1n) is 13.7. The normalized spacial score (nSPS) is 40.4. The van der Waals surface area contributed by atoms with Crippen LogP contribution in [0.3, 0.4) is 0 Å². The Morgan fingerprint density at radius 1 is 1.02 bits per heavy atom. The molecule has 0 radical (unpaired) electrons. The SMILES string of the molecule is C=C[C@@]1(C)CC(=O)[C@H]2[C@](O)(C1=O)[C@H](OC(C)=O)C[C@H]1C(C)(C)[C@H](OC(C)=O)[C@H](O)[C@H](OCc3ccccc3)[C@@]12C. The first kappa shape index (κ1) is 30.1. The van der Waals surface area contributed by atoms with Crippen molar-refractivity contribution in [1.82, 2.24) is 0 Å². The van der Waals surface area contributed by atoms with Crippen LogP contribution in [0.25, 0.3) is 0 Å². The fourth-order valence-electron chi connectivity index (χ4n) is 7.96. The van der Waals surface area contributed by atoms with Gasteiger partial charge >= 0.3 is 11.9 Å². The van der Waals surface area contributed by atoms with E-state index in [4.69, 9.17) is 14.2 Å². The van der Waals surface area contributed by atoms with E-state index in [1.54, 1.807) is 20.8 Å². The summed E-state index contributed by atoms with van der Waals surface area (Å²) in [5, 5.41) is 24.2. The molecule has 40 heavy (non-hydrogen) atoms. The number of hydrogen-bond donors (Lipinski definition) is 2. The van der Waals surface area contributed by atoms with E-state index in [1.807, 2.05) is 30.3 Å². The Labute approximate surface area is 234 Å². The second-order valence-electron chi connectivity index (χ2n) is 12.7. The lowest BCUT2D eigenvalue weighted by molar-refractivity contribution is -0.302. The van der Waals surface area contributed by atoms with Crippen molar-refractivity contribution in [2.75, 3.05) is 0 Å². The van der Waals surface area contributed by atoms with Crippen LogP contribution in [0, 0.1) is 28.1 Å². The Kier molecular flexibility index (Phi) is 7.67. The van der Waals surface area contributed by atoms with E-state index in [1.165, 1.54) is 26.8 Å². The predicted molar refractivity (Wildman–Crippen MR) is 144 cm³/mol. The number of Topliss-reactive ketones (excluding diaryl/α,β-unsaturated/α-hetero) is 2. The average Bonchev–Trinajstić information content (AvgIpc) is 2.87. The van der Waals surface area contributed by atoms with E-state index < -0.39 is 81.6 Å². The molecule has 1 aromatic rings. The summed E-state index contributed by atoms with van der Waals surface area (Å²) in [5.74, 6) is -4.37. The van der Waals surface area contributed by atoms with Crippen LogP contribution in [0.15, 0.2) is 43.0 Å². The highest BCUT2D eigenvalue weighted by atomic mass is 16.6. The minimum absolute atomic E-state index is 0.0298. The first-order valence-corrected chi connectivity index (χ1v) is 13.7. The highest BCUT2D eigenvalue weighted by Gasteiger charge is 2.77. The number of aliphatic hydroxyl groups is 2. The van der Waals surface area contributed by atoms with Crippen molar-refractivity contribution >= 4 is 23.5 Å². The van der Waals surface area contributed by atoms with Gasteiger partial charge in [-0.2, -0.15) is 0 Å². The van der Waals surface area contributed by atoms with Crippen molar-refractivity contribution in [3.63, 3.8) is 0 Å². The molecule has 3 aliphatic carbocycles. The summed E-state index contributed by atoms with van der Waals surface area (Å²) >= 11 is 0. The lowest BCUT2D eigenvalue weighted by atomic mass is 9.39. The molecule has 0 spiro atoms. The average molecular weight is 557 g/mol. The Morgan fingerprint density at radius 2 is 1.62 bits per heavy atom. The van der Waals surface area contributed by atoms with Crippen molar-refractivity contribution in [2.45, 2.75) is 91.0 Å². The second-order valence-corrected chi connectivity index (χ2v) is 12.7. The molecule has 9 atom stereocenters. The topological polar surface area (TPSA) is 136 Å². The van der Waals surface area contributed by atoms with Crippen molar-refractivity contribution < 1.29 is 43.6 Å². The first-order chi connectivity index (χ1) is 18.5. The number of carbonyl (C=O) groups is 4. The van der Waals surface area contributed by atoms with Crippen LogP contribution in [0.1, 0.15) is 59.9 Å². The van der Waals surface area contributed by atoms with Gasteiger partial charge in [-0.15, -0.1) is 6.58 Å². The molecule has 0 aromatic heterocycles. The highest BCUT2D eigenvalue weighted by molar-refractivity contribution is 6.06. The number of ether oxygens (including phenoxy) is 3. The summed E-state index contributed by atoms with van der Waals surface area (Å²) in [4.78, 5) is 52.6. The molecule has 4 rings (SSSR count). The van der Waals surface area contributed by atoms with Gasteiger partial charge in [0.1, 0.15) is 24.1 Å². The van der Waals surface area contributed by atoms with Gasteiger partial charge in [-0.3, -0.25) is 19.2 Å².